The summed E-state index contributed by atoms with van der Waals surface area (Å²) in [5.41, 5.74) is 0.859. The minimum absolute atomic E-state index is 0.192. The minimum Gasteiger partial charge on any atom is -0.380 e. The van der Waals surface area contributed by atoms with Gasteiger partial charge in [0.2, 0.25) is 0 Å². The van der Waals surface area contributed by atoms with Gasteiger partial charge in [0.15, 0.2) is 5.69 Å². The van der Waals surface area contributed by atoms with Gasteiger partial charge in [-0.05, 0) is 37.7 Å². The molecule has 134 valence electrons. The molecule has 25 heavy (non-hydrogen) atoms. The number of carbonyl (C=O) groups is 1. The molecule has 2 heterocycles. The smallest absolute Gasteiger partial charge is 0.275 e. The van der Waals surface area contributed by atoms with Crippen LogP contribution in [0.1, 0.15) is 16.9 Å². The van der Waals surface area contributed by atoms with Crippen molar-refractivity contribution in [3.05, 3.63) is 42.0 Å². The van der Waals surface area contributed by atoms with Crippen LogP contribution in [0.15, 0.2) is 30.5 Å². The number of nitrogens with zero attached hydrogens (tertiary/aromatic N) is 5. The summed E-state index contributed by atoms with van der Waals surface area (Å²) in [6, 6.07) is 6.03. The lowest BCUT2D eigenvalue weighted by atomic mass is 10.2. The molecule has 0 N–H and O–H groups in total. The van der Waals surface area contributed by atoms with Crippen molar-refractivity contribution in [2.24, 2.45) is 0 Å². The monoisotopic (exact) mass is 347 g/mol. The summed E-state index contributed by atoms with van der Waals surface area (Å²) in [5, 5.41) is 8.31. The van der Waals surface area contributed by atoms with Crippen LogP contribution in [-0.2, 0) is 4.74 Å². The van der Waals surface area contributed by atoms with E-state index in [0.717, 1.165) is 13.0 Å². The first-order valence-electron chi connectivity index (χ1n) is 8.14. The molecule has 1 aromatic heterocycles. The van der Waals surface area contributed by atoms with E-state index in [1.807, 2.05) is 7.05 Å². The second kappa shape index (κ2) is 7.28. The van der Waals surface area contributed by atoms with Crippen LogP contribution in [-0.4, -0.2) is 77.1 Å². The number of likely N-dealkylation sites (tertiary alicyclic amines) is 1. The molecule has 1 aromatic carbocycles. The van der Waals surface area contributed by atoms with Gasteiger partial charge in [-0.3, -0.25) is 9.69 Å². The molecular formula is C17H22FN5O2. The zero-order chi connectivity index (χ0) is 18.0. The van der Waals surface area contributed by atoms with Gasteiger partial charge in [-0.1, -0.05) is 0 Å². The lowest BCUT2D eigenvalue weighted by molar-refractivity contribution is 0.0754. The highest BCUT2D eigenvalue weighted by molar-refractivity contribution is 5.91. The fourth-order valence-corrected chi connectivity index (χ4v) is 3.07. The number of aromatic nitrogens is 3. The lowest BCUT2D eigenvalue weighted by Gasteiger charge is -2.24. The van der Waals surface area contributed by atoms with Gasteiger partial charge in [-0.15, -0.1) is 5.10 Å². The van der Waals surface area contributed by atoms with Crippen molar-refractivity contribution in [3.63, 3.8) is 0 Å². The Morgan fingerprint density at radius 1 is 1.40 bits per heavy atom. The maximum atomic E-state index is 13.0. The first-order chi connectivity index (χ1) is 12.0. The summed E-state index contributed by atoms with van der Waals surface area (Å²) in [7, 11) is 5.50. The van der Waals surface area contributed by atoms with E-state index in [4.69, 9.17) is 4.74 Å². The predicted molar refractivity (Wildman–Crippen MR) is 90.1 cm³/mol. The van der Waals surface area contributed by atoms with E-state index in [2.05, 4.69) is 15.1 Å². The third kappa shape index (κ3) is 3.85. The van der Waals surface area contributed by atoms with Gasteiger partial charge in [0.25, 0.3) is 5.91 Å². The highest BCUT2D eigenvalue weighted by Crippen LogP contribution is 2.19. The van der Waals surface area contributed by atoms with Crippen LogP contribution in [0.4, 0.5) is 4.39 Å². The van der Waals surface area contributed by atoms with Crippen molar-refractivity contribution in [1.82, 2.24) is 24.8 Å². The van der Waals surface area contributed by atoms with E-state index in [-0.39, 0.29) is 29.6 Å². The molecule has 1 fully saturated rings. The molecule has 8 heteroatoms. The van der Waals surface area contributed by atoms with Crippen LogP contribution in [0.5, 0.6) is 0 Å². The molecule has 0 unspecified atom stereocenters. The molecule has 1 aliphatic rings. The first-order valence-corrected chi connectivity index (χ1v) is 8.14. The van der Waals surface area contributed by atoms with E-state index in [1.165, 1.54) is 23.1 Å². The summed E-state index contributed by atoms with van der Waals surface area (Å²) < 4.78 is 18.4. The maximum absolute atomic E-state index is 13.0. The number of benzene rings is 1. The Hall–Kier alpha value is -2.32. The molecule has 2 atom stereocenters. The van der Waals surface area contributed by atoms with Crippen molar-refractivity contribution in [2.45, 2.75) is 18.6 Å². The van der Waals surface area contributed by atoms with Gasteiger partial charge in [-0.2, -0.15) is 9.90 Å². The fourth-order valence-electron chi connectivity index (χ4n) is 3.07. The number of hydrogen-bond acceptors (Lipinski definition) is 5. The number of carbonyl (C=O) groups excluding carboxylic acids is 1. The molecule has 0 saturated carbocycles. The molecule has 3 rings (SSSR count). The lowest BCUT2D eigenvalue weighted by Crippen LogP contribution is -2.39. The summed E-state index contributed by atoms with van der Waals surface area (Å²) in [4.78, 5) is 17.8. The largest absolute Gasteiger partial charge is 0.380 e. The average molecular weight is 347 g/mol. The molecule has 1 amide bonds. The molecule has 0 aliphatic carbocycles. The standard InChI is InChI=1S/C17H22FN5O2/c1-21-11-15(25-3)8-14(21)10-22(2)17(24)16-9-19-23(20-16)13-6-4-12(18)5-7-13/h4-7,9,14-15H,8,10-11H2,1-3H3/t14-,15-/m0/s1. The van der Waals surface area contributed by atoms with E-state index in [0.29, 0.717) is 12.2 Å². The topological polar surface area (TPSA) is 63.5 Å². The van der Waals surface area contributed by atoms with Crippen molar-refractivity contribution >= 4 is 5.91 Å². The van der Waals surface area contributed by atoms with Crippen LogP contribution >= 0.6 is 0 Å². The van der Waals surface area contributed by atoms with Gasteiger partial charge in [0.1, 0.15) is 5.82 Å². The number of methoxy groups -OCH3 is 1. The Labute approximate surface area is 146 Å². The SMILES string of the molecule is CO[C@H]1C[C@@H](CN(C)C(=O)c2cnn(-c3ccc(F)cc3)n2)N(C)C1. The number of rotatable bonds is 5. The Kier molecular flexibility index (Phi) is 5.10. The van der Waals surface area contributed by atoms with E-state index in [1.54, 1.807) is 31.2 Å². The maximum Gasteiger partial charge on any atom is 0.275 e. The van der Waals surface area contributed by atoms with Gasteiger partial charge < -0.3 is 9.64 Å². The number of hydrogen-bond donors (Lipinski definition) is 0. The average Bonchev–Trinajstić information content (AvgIpc) is 3.22. The molecule has 7 nitrogen and oxygen atoms in total. The van der Waals surface area contributed by atoms with E-state index >= 15 is 0 Å². The Bertz CT molecular complexity index is 733. The molecule has 0 spiro atoms. The molecule has 1 aliphatic heterocycles. The van der Waals surface area contributed by atoms with Gasteiger partial charge >= 0.3 is 0 Å². The van der Waals surface area contributed by atoms with Gasteiger partial charge in [0, 0.05) is 33.3 Å². The van der Waals surface area contributed by atoms with Crippen molar-refractivity contribution in [2.75, 3.05) is 34.3 Å². The Balaban J connectivity index is 1.66. The molecule has 0 bridgehead atoms. The molecular weight excluding hydrogens is 325 g/mol. The number of likely N-dealkylation sites (N-methyl/N-ethyl adjacent to an activating group) is 2. The minimum atomic E-state index is -0.331. The van der Waals surface area contributed by atoms with E-state index < -0.39 is 0 Å². The van der Waals surface area contributed by atoms with Crippen molar-refractivity contribution in [1.29, 1.82) is 0 Å². The zero-order valence-electron chi connectivity index (χ0n) is 14.6. The van der Waals surface area contributed by atoms with Crippen LogP contribution in [0.2, 0.25) is 0 Å². The molecule has 0 radical (unpaired) electrons. The molecule has 2 aromatic rings. The van der Waals surface area contributed by atoms with E-state index in [9.17, 15) is 9.18 Å². The second-order valence-corrected chi connectivity index (χ2v) is 6.37. The number of halogens is 1. The van der Waals surface area contributed by atoms with Gasteiger partial charge in [-0.25, -0.2) is 4.39 Å². The molecule has 1 saturated heterocycles. The highest BCUT2D eigenvalue weighted by atomic mass is 19.1. The second-order valence-electron chi connectivity index (χ2n) is 6.37. The van der Waals surface area contributed by atoms with Crippen LogP contribution in [0.25, 0.3) is 5.69 Å². The van der Waals surface area contributed by atoms with Crippen LogP contribution in [0, 0.1) is 5.82 Å². The summed E-state index contributed by atoms with van der Waals surface area (Å²) in [6.45, 7) is 1.46. The summed E-state index contributed by atoms with van der Waals surface area (Å²) in [6.07, 6.45) is 2.53. The van der Waals surface area contributed by atoms with Crippen molar-refractivity contribution in [3.8, 4) is 5.69 Å². The number of ether oxygens (including phenoxy) is 1. The summed E-state index contributed by atoms with van der Waals surface area (Å²) >= 11 is 0. The fraction of sp³-hybridized carbons (Fsp3) is 0.471. The zero-order valence-corrected chi connectivity index (χ0v) is 14.6. The third-order valence-corrected chi connectivity index (χ3v) is 4.58. The van der Waals surface area contributed by atoms with Crippen LogP contribution < -0.4 is 0 Å². The quantitative estimate of drug-likeness (QED) is 0.813. The Morgan fingerprint density at radius 2 is 2.12 bits per heavy atom. The van der Waals surface area contributed by atoms with Gasteiger partial charge in [0.05, 0.1) is 18.0 Å². The van der Waals surface area contributed by atoms with Crippen molar-refractivity contribution < 1.29 is 13.9 Å². The normalized spacial score (nSPS) is 20.8. The number of amides is 1. The highest BCUT2D eigenvalue weighted by Gasteiger charge is 2.31. The third-order valence-electron chi connectivity index (χ3n) is 4.58. The van der Waals surface area contributed by atoms with Crippen LogP contribution in [0.3, 0.4) is 0 Å². The Morgan fingerprint density at radius 3 is 2.76 bits per heavy atom. The predicted octanol–water partition coefficient (Wildman–Crippen LogP) is 1.20. The summed E-state index contributed by atoms with van der Waals surface area (Å²) in [5.74, 6) is -0.524. The first kappa shape index (κ1) is 17.5.